The van der Waals surface area contributed by atoms with Crippen molar-refractivity contribution in [2.45, 2.75) is 38.1 Å². The monoisotopic (exact) mass is 315 g/mol. The van der Waals surface area contributed by atoms with Gasteiger partial charge in [-0.05, 0) is 37.7 Å². The Labute approximate surface area is 137 Å². The first-order valence-electron chi connectivity index (χ1n) is 8.32. The minimum Gasteiger partial charge on any atom is -0.494 e. The number of nitrogens with zero attached hydrogens (tertiary/aromatic N) is 2. The van der Waals surface area contributed by atoms with Crippen LogP contribution >= 0.6 is 0 Å². The van der Waals surface area contributed by atoms with Crippen molar-refractivity contribution >= 4 is 5.69 Å². The van der Waals surface area contributed by atoms with Crippen molar-refractivity contribution in [1.29, 1.82) is 0 Å². The number of ether oxygens (including phenoxy) is 1. The number of benzene rings is 1. The largest absolute Gasteiger partial charge is 0.494 e. The van der Waals surface area contributed by atoms with Gasteiger partial charge < -0.3 is 15.6 Å². The zero-order valence-corrected chi connectivity index (χ0v) is 13.6. The molecule has 3 rings (SSSR count). The molecule has 0 unspecified atom stereocenters. The number of nitrogens with two attached hydrogens (primary N) is 1. The van der Waals surface area contributed by atoms with Crippen molar-refractivity contribution in [2.75, 3.05) is 19.5 Å². The molecule has 1 fully saturated rings. The van der Waals surface area contributed by atoms with Crippen LogP contribution in [0.15, 0.2) is 30.6 Å². The van der Waals surface area contributed by atoms with Gasteiger partial charge in [0.15, 0.2) is 0 Å². The molecule has 0 saturated heterocycles. The molecular formula is C18H25N3O2. The predicted octanol–water partition coefficient (Wildman–Crippen LogP) is 3.25. The van der Waals surface area contributed by atoms with E-state index in [2.05, 4.69) is 16.0 Å². The van der Waals surface area contributed by atoms with Crippen LogP contribution < -0.4 is 10.5 Å². The summed E-state index contributed by atoms with van der Waals surface area (Å²) in [5, 5.41) is 13.7. The highest BCUT2D eigenvalue weighted by Crippen LogP contribution is 2.40. The highest BCUT2D eigenvalue weighted by Gasteiger charge is 2.29. The summed E-state index contributed by atoms with van der Waals surface area (Å²) >= 11 is 0. The van der Waals surface area contributed by atoms with Crippen LogP contribution in [0.2, 0.25) is 0 Å². The Balaban J connectivity index is 1.85. The SMILES string of the molecule is COc1c(N)cccc1-c1cnn([C@@H]2CCC[C@@H]2CCCO)c1. The third-order valence-electron chi connectivity index (χ3n) is 4.85. The minimum atomic E-state index is 0.272. The molecule has 1 heterocycles. The zero-order chi connectivity index (χ0) is 16.2. The first kappa shape index (κ1) is 15.9. The van der Waals surface area contributed by atoms with Gasteiger partial charge in [-0.25, -0.2) is 0 Å². The molecule has 5 heteroatoms. The van der Waals surface area contributed by atoms with E-state index in [1.165, 1.54) is 12.8 Å². The van der Waals surface area contributed by atoms with Crippen molar-refractivity contribution in [1.82, 2.24) is 9.78 Å². The second-order valence-electron chi connectivity index (χ2n) is 6.26. The van der Waals surface area contributed by atoms with Crippen LogP contribution in [-0.4, -0.2) is 28.6 Å². The fraction of sp³-hybridized carbons (Fsp3) is 0.500. The van der Waals surface area contributed by atoms with E-state index in [-0.39, 0.29) is 6.61 Å². The van der Waals surface area contributed by atoms with Crippen LogP contribution in [-0.2, 0) is 0 Å². The molecule has 2 aromatic rings. The third kappa shape index (κ3) is 3.20. The Morgan fingerprint density at radius 2 is 2.26 bits per heavy atom. The molecule has 5 nitrogen and oxygen atoms in total. The second kappa shape index (κ2) is 7.04. The van der Waals surface area contributed by atoms with E-state index in [9.17, 15) is 0 Å². The molecule has 2 atom stereocenters. The standard InChI is InChI=1S/C18H25N3O2/c1-23-18-15(7-3-8-16(18)19)14-11-20-21(12-14)17-9-2-5-13(17)6-4-10-22/h3,7-8,11-13,17,22H,2,4-6,9-10,19H2,1H3/t13-,17-/m1/s1. The van der Waals surface area contributed by atoms with Gasteiger partial charge in [0.25, 0.3) is 0 Å². The Bertz CT molecular complexity index is 653. The average molecular weight is 315 g/mol. The van der Waals surface area contributed by atoms with E-state index in [0.29, 0.717) is 23.4 Å². The van der Waals surface area contributed by atoms with Crippen LogP contribution in [0.3, 0.4) is 0 Å². The minimum absolute atomic E-state index is 0.272. The maximum atomic E-state index is 9.07. The van der Waals surface area contributed by atoms with Gasteiger partial charge in [0.2, 0.25) is 0 Å². The van der Waals surface area contributed by atoms with E-state index in [4.69, 9.17) is 15.6 Å². The molecule has 1 aromatic carbocycles. The maximum Gasteiger partial charge on any atom is 0.149 e. The number of aliphatic hydroxyl groups is 1. The topological polar surface area (TPSA) is 73.3 Å². The van der Waals surface area contributed by atoms with Crippen LogP contribution in [0, 0.1) is 5.92 Å². The summed E-state index contributed by atoms with van der Waals surface area (Å²) < 4.78 is 7.54. The molecule has 124 valence electrons. The molecule has 1 saturated carbocycles. The van der Waals surface area contributed by atoms with E-state index in [1.54, 1.807) is 7.11 Å². The lowest BCUT2D eigenvalue weighted by Gasteiger charge is -2.19. The number of para-hydroxylation sites is 1. The van der Waals surface area contributed by atoms with Crippen molar-refractivity contribution in [2.24, 2.45) is 5.92 Å². The van der Waals surface area contributed by atoms with Gasteiger partial charge in [-0.3, -0.25) is 4.68 Å². The summed E-state index contributed by atoms with van der Waals surface area (Å²) in [7, 11) is 1.64. The smallest absolute Gasteiger partial charge is 0.149 e. The molecule has 1 aliphatic rings. The lowest BCUT2D eigenvalue weighted by atomic mass is 9.98. The number of hydrogen-bond donors (Lipinski definition) is 2. The Morgan fingerprint density at radius 1 is 1.39 bits per heavy atom. The molecule has 0 bridgehead atoms. The third-order valence-corrected chi connectivity index (χ3v) is 4.85. The van der Waals surface area contributed by atoms with Crippen LogP contribution in [0.25, 0.3) is 11.1 Å². The highest BCUT2D eigenvalue weighted by atomic mass is 16.5. The number of aromatic nitrogens is 2. The van der Waals surface area contributed by atoms with Crippen molar-refractivity contribution in [3.63, 3.8) is 0 Å². The van der Waals surface area contributed by atoms with E-state index < -0.39 is 0 Å². The number of rotatable bonds is 6. The van der Waals surface area contributed by atoms with Crippen LogP contribution in [0.5, 0.6) is 5.75 Å². The molecule has 0 spiro atoms. The van der Waals surface area contributed by atoms with Gasteiger partial charge in [-0.1, -0.05) is 18.6 Å². The van der Waals surface area contributed by atoms with Crippen molar-refractivity contribution in [3.05, 3.63) is 30.6 Å². The van der Waals surface area contributed by atoms with Gasteiger partial charge >= 0.3 is 0 Å². The van der Waals surface area contributed by atoms with Crippen molar-refractivity contribution < 1.29 is 9.84 Å². The summed E-state index contributed by atoms with van der Waals surface area (Å²) in [6, 6.07) is 6.22. The summed E-state index contributed by atoms with van der Waals surface area (Å²) in [6.07, 6.45) is 9.54. The zero-order valence-electron chi connectivity index (χ0n) is 13.6. The Morgan fingerprint density at radius 3 is 3.04 bits per heavy atom. The van der Waals surface area contributed by atoms with E-state index >= 15 is 0 Å². The van der Waals surface area contributed by atoms with Crippen LogP contribution in [0.4, 0.5) is 5.69 Å². The van der Waals surface area contributed by atoms with E-state index in [0.717, 1.165) is 30.4 Å². The first-order chi connectivity index (χ1) is 11.2. The average Bonchev–Trinajstić information content (AvgIpc) is 3.21. The van der Waals surface area contributed by atoms with Crippen LogP contribution in [0.1, 0.15) is 38.1 Å². The summed E-state index contributed by atoms with van der Waals surface area (Å²) in [6.45, 7) is 0.272. The Hall–Kier alpha value is -2.01. The number of aliphatic hydroxyl groups excluding tert-OH is 1. The molecule has 1 aliphatic carbocycles. The fourth-order valence-electron chi connectivity index (χ4n) is 3.72. The van der Waals surface area contributed by atoms with E-state index in [1.807, 2.05) is 24.4 Å². The number of hydrogen-bond acceptors (Lipinski definition) is 4. The molecule has 1 aromatic heterocycles. The van der Waals surface area contributed by atoms with Gasteiger partial charge in [0.05, 0.1) is 25.0 Å². The molecule has 23 heavy (non-hydrogen) atoms. The molecule has 0 amide bonds. The molecule has 0 radical (unpaired) electrons. The Kier molecular flexibility index (Phi) is 4.86. The van der Waals surface area contributed by atoms with Crippen molar-refractivity contribution in [3.8, 4) is 16.9 Å². The van der Waals surface area contributed by atoms with Gasteiger partial charge in [-0.15, -0.1) is 0 Å². The first-order valence-corrected chi connectivity index (χ1v) is 8.32. The molecule has 3 N–H and O–H groups in total. The normalized spacial score (nSPS) is 20.8. The predicted molar refractivity (Wildman–Crippen MR) is 91.3 cm³/mol. The van der Waals surface area contributed by atoms with Gasteiger partial charge in [-0.2, -0.15) is 5.10 Å². The van der Waals surface area contributed by atoms with Gasteiger partial charge in [0.1, 0.15) is 5.75 Å². The second-order valence-corrected chi connectivity index (χ2v) is 6.26. The molecular weight excluding hydrogens is 290 g/mol. The number of nitrogen functional groups attached to an aromatic ring is 1. The maximum absolute atomic E-state index is 9.07. The number of methoxy groups -OCH3 is 1. The lowest BCUT2D eigenvalue weighted by molar-refractivity contribution is 0.253. The van der Waals surface area contributed by atoms with Gasteiger partial charge in [0, 0.05) is 23.9 Å². The molecule has 0 aliphatic heterocycles. The summed E-state index contributed by atoms with van der Waals surface area (Å²) in [4.78, 5) is 0. The summed E-state index contributed by atoms with van der Waals surface area (Å²) in [5.74, 6) is 1.31. The fourth-order valence-corrected chi connectivity index (χ4v) is 3.72. The lowest BCUT2D eigenvalue weighted by Crippen LogP contribution is -2.15. The quantitative estimate of drug-likeness (QED) is 0.803. The number of anilines is 1. The highest BCUT2D eigenvalue weighted by molar-refractivity contribution is 5.76. The summed E-state index contributed by atoms with van der Waals surface area (Å²) in [5.41, 5.74) is 8.64.